The summed E-state index contributed by atoms with van der Waals surface area (Å²) >= 11 is 0. The van der Waals surface area contributed by atoms with E-state index in [1.54, 1.807) is 6.20 Å². The number of nitrogens with two attached hydrogens (primary N) is 1. The first-order chi connectivity index (χ1) is 14.4. The van der Waals surface area contributed by atoms with Crippen LogP contribution in [-0.2, 0) is 12.0 Å². The van der Waals surface area contributed by atoms with Crippen molar-refractivity contribution in [2.45, 2.75) is 71.3 Å². The quantitative estimate of drug-likeness (QED) is 0.526. The van der Waals surface area contributed by atoms with E-state index in [1.807, 2.05) is 0 Å². The minimum atomic E-state index is -0.203. The van der Waals surface area contributed by atoms with E-state index in [2.05, 4.69) is 70.1 Å². The van der Waals surface area contributed by atoms with E-state index in [9.17, 15) is 0 Å². The van der Waals surface area contributed by atoms with Gasteiger partial charge in [0.15, 0.2) is 0 Å². The van der Waals surface area contributed by atoms with Crippen LogP contribution in [0.15, 0.2) is 42.0 Å². The second kappa shape index (κ2) is 8.03. The molecule has 3 heteroatoms. The average Bonchev–Trinajstić information content (AvgIpc) is 3.50. The monoisotopic (exact) mass is 401 g/mol. The number of anilines is 1. The third-order valence-corrected chi connectivity index (χ3v) is 7.03. The zero-order chi connectivity index (χ0) is 21.5. The van der Waals surface area contributed by atoms with Gasteiger partial charge in [0.25, 0.3) is 0 Å². The molecule has 0 amide bonds. The number of aryl methyl sites for hydroxylation is 1. The third kappa shape index (κ3) is 3.60. The molecule has 0 bridgehead atoms. The third-order valence-electron chi connectivity index (χ3n) is 7.03. The standard InChI is InChI=1S/C27H35N3/c1-6-17(4)24-22(13-18(5)25(26(24)29-8-3)27(28)11-12-27)20-9-10-21-14-19(7-2)16-30-23(21)15-20/h8-10,13,15-17,19,29H,3,6-7,11-12,14,28H2,1-2,4-5H3. The van der Waals surface area contributed by atoms with Crippen molar-refractivity contribution in [3.8, 4) is 11.1 Å². The fraction of sp³-hybridized carbons (Fsp3) is 0.444. The summed E-state index contributed by atoms with van der Waals surface area (Å²) in [4.78, 5) is 4.80. The summed E-state index contributed by atoms with van der Waals surface area (Å²) in [6, 6.07) is 9.17. The van der Waals surface area contributed by atoms with Gasteiger partial charge in [0.2, 0.25) is 0 Å². The zero-order valence-electron chi connectivity index (χ0n) is 18.9. The first-order valence-corrected chi connectivity index (χ1v) is 11.4. The van der Waals surface area contributed by atoms with Crippen molar-refractivity contribution >= 4 is 17.6 Å². The van der Waals surface area contributed by atoms with E-state index >= 15 is 0 Å². The summed E-state index contributed by atoms with van der Waals surface area (Å²) in [6.45, 7) is 13.0. The van der Waals surface area contributed by atoms with Crippen molar-refractivity contribution in [1.29, 1.82) is 0 Å². The molecule has 1 aliphatic heterocycles. The van der Waals surface area contributed by atoms with E-state index in [1.165, 1.54) is 39.1 Å². The van der Waals surface area contributed by atoms with E-state index in [4.69, 9.17) is 10.7 Å². The molecular weight excluding hydrogens is 366 g/mol. The molecule has 3 N–H and O–H groups in total. The molecule has 0 aromatic heterocycles. The molecule has 3 nitrogen and oxygen atoms in total. The number of hydrogen-bond donors (Lipinski definition) is 2. The van der Waals surface area contributed by atoms with Crippen LogP contribution < -0.4 is 11.1 Å². The predicted octanol–water partition coefficient (Wildman–Crippen LogP) is 6.96. The van der Waals surface area contributed by atoms with E-state index in [-0.39, 0.29) is 5.54 Å². The van der Waals surface area contributed by atoms with Crippen molar-refractivity contribution in [2.75, 3.05) is 5.32 Å². The molecule has 1 fully saturated rings. The highest BCUT2D eigenvalue weighted by Gasteiger charge is 2.44. The molecule has 0 radical (unpaired) electrons. The van der Waals surface area contributed by atoms with Gasteiger partial charge in [-0.25, -0.2) is 0 Å². The summed E-state index contributed by atoms with van der Waals surface area (Å²) in [7, 11) is 0. The number of fused-ring (bicyclic) bond motifs is 1. The van der Waals surface area contributed by atoms with Crippen molar-refractivity contribution < 1.29 is 0 Å². The Kier molecular flexibility index (Phi) is 5.59. The van der Waals surface area contributed by atoms with Crippen molar-refractivity contribution in [1.82, 2.24) is 0 Å². The van der Waals surface area contributed by atoms with Crippen LogP contribution in [0, 0.1) is 12.8 Å². The Labute approximate surface area is 181 Å². The van der Waals surface area contributed by atoms with Crippen LogP contribution in [0.4, 0.5) is 11.4 Å². The molecule has 2 aromatic carbocycles. The van der Waals surface area contributed by atoms with Crippen LogP contribution in [0.3, 0.4) is 0 Å². The summed E-state index contributed by atoms with van der Waals surface area (Å²) in [5.41, 5.74) is 16.6. The van der Waals surface area contributed by atoms with Gasteiger partial charge in [0.05, 0.1) is 5.69 Å². The van der Waals surface area contributed by atoms with Gasteiger partial charge in [0.1, 0.15) is 0 Å². The second-order valence-corrected chi connectivity index (χ2v) is 9.21. The summed E-state index contributed by atoms with van der Waals surface area (Å²) in [5, 5.41) is 3.49. The molecule has 0 spiro atoms. The van der Waals surface area contributed by atoms with Crippen LogP contribution in [-0.4, -0.2) is 6.21 Å². The Bertz CT molecular complexity index is 998. The Morgan fingerprint density at radius 3 is 2.70 bits per heavy atom. The first kappa shape index (κ1) is 20.9. The molecule has 1 aliphatic carbocycles. The molecule has 4 rings (SSSR count). The number of nitrogens with zero attached hydrogens (tertiary/aromatic N) is 1. The highest BCUT2D eigenvalue weighted by molar-refractivity contribution is 5.83. The lowest BCUT2D eigenvalue weighted by atomic mass is 9.82. The fourth-order valence-electron chi connectivity index (χ4n) is 4.86. The van der Waals surface area contributed by atoms with Crippen molar-refractivity contribution in [3.63, 3.8) is 0 Å². The largest absolute Gasteiger partial charge is 0.362 e. The summed E-state index contributed by atoms with van der Waals surface area (Å²) in [6.07, 6.45) is 9.32. The lowest BCUT2D eigenvalue weighted by Crippen LogP contribution is -2.23. The molecule has 2 aromatic rings. The van der Waals surface area contributed by atoms with Crippen molar-refractivity contribution in [2.24, 2.45) is 16.6 Å². The maximum atomic E-state index is 6.72. The fourth-order valence-corrected chi connectivity index (χ4v) is 4.86. The van der Waals surface area contributed by atoms with Gasteiger partial charge in [-0.2, -0.15) is 0 Å². The molecule has 2 atom stereocenters. The lowest BCUT2D eigenvalue weighted by Gasteiger charge is -2.28. The highest BCUT2D eigenvalue weighted by Crippen LogP contribution is 2.51. The molecule has 30 heavy (non-hydrogen) atoms. The summed E-state index contributed by atoms with van der Waals surface area (Å²) < 4.78 is 0. The van der Waals surface area contributed by atoms with Gasteiger partial charge in [-0.1, -0.05) is 45.5 Å². The normalized spacial score (nSPS) is 19.8. The van der Waals surface area contributed by atoms with E-state index in [0.29, 0.717) is 11.8 Å². The Hall–Kier alpha value is -2.39. The van der Waals surface area contributed by atoms with E-state index in [0.717, 1.165) is 37.8 Å². The zero-order valence-corrected chi connectivity index (χ0v) is 18.9. The molecule has 158 valence electrons. The van der Waals surface area contributed by atoms with E-state index < -0.39 is 0 Å². The maximum absolute atomic E-state index is 6.72. The van der Waals surface area contributed by atoms with Crippen LogP contribution >= 0.6 is 0 Å². The Morgan fingerprint density at radius 2 is 2.07 bits per heavy atom. The van der Waals surface area contributed by atoms with Crippen LogP contribution in [0.25, 0.3) is 11.1 Å². The maximum Gasteiger partial charge on any atom is 0.0664 e. The topological polar surface area (TPSA) is 50.4 Å². The Balaban J connectivity index is 1.91. The van der Waals surface area contributed by atoms with Crippen LogP contribution in [0.1, 0.15) is 74.6 Å². The van der Waals surface area contributed by atoms with Gasteiger partial charge >= 0.3 is 0 Å². The minimum absolute atomic E-state index is 0.203. The van der Waals surface area contributed by atoms with Crippen molar-refractivity contribution in [3.05, 3.63) is 59.3 Å². The molecule has 0 saturated heterocycles. The van der Waals surface area contributed by atoms with Gasteiger partial charge in [0, 0.05) is 17.4 Å². The predicted molar refractivity (Wildman–Crippen MR) is 130 cm³/mol. The first-order valence-electron chi connectivity index (χ1n) is 11.4. The molecule has 1 saturated carbocycles. The molecular formula is C27H35N3. The SMILES string of the molecule is C=CNc1c(C(C)CC)c(-c2ccc3c(c2)N=CC(CC)C3)cc(C)c1C1(N)CC1. The van der Waals surface area contributed by atoms with Crippen LogP contribution in [0.2, 0.25) is 0 Å². The molecule has 2 unspecified atom stereocenters. The summed E-state index contributed by atoms with van der Waals surface area (Å²) in [5.74, 6) is 0.969. The number of aliphatic imine (C=N–C) groups is 1. The van der Waals surface area contributed by atoms with Gasteiger partial charge < -0.3 is 11.1 Å². The van der Waals surface area contributed by atoms with Gasteiger partial charge in [-0.05, 0) is 96.5 Å². The highest BCUT2D eigenvalue weighted by atomic mass is 14.9. The molecule has 1 heterocycles. The lowest BCUT2D eigenvalue weighted by molar-refractivity contribution is 0.667. The number of benzene rings is 2. The van der Waals surface area contributed by atoms with Gasteiger partial charge in [-0.3, -0.25) is 4.99 Å². The average molecular weight is 402 g/mol. The van der Waals surface area contributed by atoms with Crippen LogP contribution in [0.5, 0.6) is 0 Å². The minimum Gasteiger partial charge on any atom is -0.362 e. The molecule has 2 aliphatic rings. The van der Waals surface area contributed by atoms with Gasteiger partial charge in [-0.15, -0.1) is 0 Å². The second-order valence-electron chi connectivity index (χ2n) is 9.21. The number of nitrogens with one attached hydrogen (secondary N) is 1. The smallest absolute Gasteiger partial charge is 0.0664 e. The number of rotatable bonds is 7. The Morgan fingerprint density at radius 1 is 1.30 bits per heavy atom. The number of hydrogen-bond acceptors (Lipinski definition) is 3.